The molecule has 0 amide bonds. The van der Waals surface area contributed by atoms with Crippen molar-refractivity contribution in [3.8, 4) is 0 Å². The van der Waals surface area contributed by atoms with E-state index in [1.54, 1.807) is 0 Å². The Kier molecular flexibility index (Phi) is 5.59. The van der Waals surface area contributed by atoms with Gasteiger partial charge in [-0.15, -0.1) is 11.3 Å². The number of thiophene rings is 1. The molecule has 2 fully saturated rings. The van der Waals surface area contributed by atoms with Gasteiger partial charge in [0.25, 0.3) is 0 Å². The molecule has 23 heavy (non-hydrogen) atoms. The van der Waals surface area contributed by atoms with E-state index in [9.17, 15) is 0 Å². The number of guanidine groups is 1. The number of aliphatic imine (C=N–C) groups is 1. The Morgan fingerprint density at radius 2 is 2.04 bits per heavy atom. The molecule has 2 heterocycles. The number of nitrogens with zero attached hydrogens (tertiary/aromatic N) is 3. The van der Waals surface area contributed by atoms with E-state index in [1.165, 1.54) is 43.6 Å². The number of likely N-dealkylation sites (N-methyl/N-ethyl adjacent to an activating group) is 1. The molecule has 3 atom stereocenters. The van der Waals surface area contributed by atoms with Crippen molar-refractivity contribution in [1.29, 1.82) is 0 Å². The van der Waals surface area contributed by atoms with Crippen LogP contribution in [0, 0.1) is 11.8 Å². The van der Waals surface area contributed by atoms with E-state index in [4.69, 9.17) is 0 Å². The average molecular weight is 335 g/mol. The van der Waals surface area contributed by atoms with E-state index < -0.39 is 0 Å². The molecule has 0 bridgehead atoms. The zero-order valence-electron chi connectivity index (χ0n) is 14.7. The van der Waals surface area contributed by atoms with E-state index in [0.717, 1.165) is 24.3 Å². The summed E-state index contributed by atoms with van der Waals surface area (Å²) in [5.41, 5.74) is 0. The highest BCUT2D eigenvalue weighted by Gasteiger charge is 2.35. The minimum absolute atomic E-state index is 0.400. The van der Waals surface area contributed by atoms with Crippen molar-refractivity contribution in [2.24, 2.45) is 16.8 Å². The molecule has 0 spiro atoms. The zero-order valence-corrected chi connectivity index (χ0v) is 15.5. The highest BCUT2D eigenvalue weighted by molar-refractivity contribution is 7.10. The molecule has 3 rings (SSSR count). The highest BCUT2D eigenvalue weighted by atomic mass is 32.1. The third-order valence-electron chi connectivity index (χ3n) is 5.44. The molecule has 1 N–H and O–H groups in total. The second-order valence-corrected chi connectivity index (χ2v) is 8.11. The predicted octanol–water partition coefficient (Wildman–Crippen LogP) is 3.05. The van der Waals surface area contributed by atoms with Crippen LogP contribution < -0.4 is 5.32 Å². The predicted molar refractivity (Wildman–Crippen MR) is 99.1 cm³/mol. The Hall–Kier alpha value is -1.07. The Labute approximate surface area is 144 Å². The summed E-state index contributed by atoms with van der Waals surface area (Å²) in [6, 6.07) is 4.76. The molecule has 4 nitrogen and oxygen atoms in total. The number of fused-ring (bicyclic) bond motifs is 1. The lowest BCUT2D eigenvalue weighted by atomic mass is 9.82. The lowest BCUT2D eigenvalue weighted by Gasteiger charge is -2.27. The summed E-state index contributed by atoms with van der Waals surface area (Å²) in [6.07, 6.45) is 5.66. The van der Waals surface area contributed by atoms with Crippen LogP contribution in [-0.4, -0.2) is 56.5 Å². The minimum Gasteiger partial charge on any atom is -0.354 e. The van der Waals surface area contributed by atoms with Crippen LogP contribution in [-0.2, 0) is 0 Å². The molecular weight excluding hydrogens is 304 g/mol. The summed E-state index contributed by atoms with van der Waals surface area (Å²) in [7, 11) is 6.22. The fourth-order valence-electron chi connectivity index (χ4n) is 4.12. The Morgan fingerprint density at radius 3 is 2.57 bits per heavy atom. The molecule has 3 unspecified atom stereocenters. The van der Waals surface area contributed by atoms with Gasteiger partial charge in [-0.05, 0) is 50.2 Å². The summed E-state index contributed by atoms with van der Waals surface area (Å²) < 4.78 is 0. The number of nitrogens with one attached hydrogen (secondary N) is 1. The van der Waals surface area contributed by atoms with Gasteiger partial charge in [-0.3, -0.25) is 4.99 Å². The number of hydrogen-bond acceptors (Lipinski definition) is 3. The smallest absolute Gasteiger partial charge is 0.193 e. The lowest BCUT2D eigenvalue weighted by molar-refractivity contribution is 0.299. The first-order chi connectivity index (χ1) is 11.2. The first-order valence-corrected chi connectivity index (χ1v) is 9.72. The van der Waals surface area contributed by atoms with Gasteiger partial charge in [-0.2, -0.15) is 0 Å². The maximum Gasteiger partial charge on any atom is 0.193 e. The van der Waals surface area contributed by atoms with Gasteiger partial charge in [0.05, 0.1) is 6.04 Å². The summed E-state index contributed by atoms with van der Waals surface area (Å²) in [5, 5.41) is 5.79. The topological polar surface area (TPSA) is 30.9 Å². The van der Waals surface area contributed by atoms with Gasteiger partial charge in [0, 0.05) is 31.6 Å². The van der Waals surface area contributed by atoms with Crippen LogP contribution >= 0.6 is 11.3 Å². The van der Waals surface area contributed by atoms with Crippen molar-refractivity contribution in [2.75, 3.05) is 40.8 Å². The molecule has 1 aromatic rings. The number of rotatable bonds is 4. The SMILES string of the molecule is CN=C(NCC(c1cccs1)N(C)C)N1CC2CCCCC2C1. The molecule has 0 radical (unpaired) electrons. The second kappa shape index (κ2) is 7.67. The Balaban J connectivity index is 1.59. The van der Waals surface area contributed by atoms with Gasteiger partial charge in [0.1, 0.15) is 0 Å². The fourth-order valence-corrected chi connectivity index (χ4v) is 5.04. The molecule has 5 heteroatoms. The van der Waals surface area contributed by atoms with Gasteiger partial charge < -0.3 is 15.1 Å². The quantitative estimate of drug-likeness (QED) is 0.678. The van der Waals surface area contributed by atoms with E-state index in [2.05, 4.69) is 51.7 Å². The van der Waals surface area contributed by atoms with E-state index in [-0.39, 0.29) is 0 Å². The molecule has 128 valence electrons. The zero-order chi connectivity index (χ0) is 16.2. The van der Waals surface area contributed by atoms with Crippen molar-refractivity contribution in [3.05, 3.63) is 22.4 Å². The van der Waals surface area contributed by atoms with Crippen LogP contribution in [0.3, 0.4) is 0 Å². The summed E-state index contributed by atoms with van der Waals surface area (Å²) >= 11 is 1.83. The summed E-state index contributed by atoms with van der Waals surface area (Å²) in [4.78, 5) is 10.7. The van der Waals surface area contributed by atoms with Gasteiger partial charge in [0.15, 0.2) is 5.96 Å². The third kappa shape index (κ3) is 3.89. The van der Waals surface area contributed by atoms with Crippen molar-refractivity contribution < 1.29 is 0 Å². The Morgan fingerprint density at radius 1 is 1.35 bits per heavy atom. The molecule has 1 saturated heterocycles. The normalized spacial score (nSPS) is 26.4. The average Bonchev–Trinajstić information content (AvgIpc) is 3.20. The number of hydrogen-bond donors (Lipinski definition) is 1. The molecule has 1 aromatic heterocycles. The largest absolute Gasteiger partial charge is 0.354 e. The van der Waals surface area contributed by atoms with Crippen molar-refractivity contribution in [1.82, 2.24) is 15.1 Å². The van der Waals surface area contributed by atoms with Crippen LogP contribution in [0.15, 0.2) is 22.5 Å². The second-order valence-electron chi connectivity index (χ2n) is 7.13. The lowest BCUT2D eigenvalue weighted by Crippen LogP contribution is -2.43. The van der Waals surface area contributed by atoms with Gasteiger partial charge in [0.2, 0.25) is 0 Å². The maximum absolute atomic E-state index is 4.56. The molecule has 2 aliphatic rings. The van der Waals surface area contributed by atoms with Crippen molar-refractivity contribution >= 4 is 17.3 Å². The van der Waals surface area contributed by atoms with Gasteiger partial charge >= 0.3 is 0 Å². The summed E-state index contributed by atoms with van der Waals surface area (Å²) in [5.74, 6) is 2.87. The highest BCUT2D eigenvalue weighted by Crippen LogP contribution is 2.36. The Bertz CT molecular complexity index is 497. The maximum atomic E-state index is 4.56. The van der Waals surface area contributed by atoms with Crippen LogP contribution in [0.25, 0.3) is 0 Å². The standard InChI is InChI=1S/C18H30N4S/c1-19-18(22-12-14-7-4-5-8-15(14)13-22)20-11-16(21(2)3)17-9-6-10-23-17/h6,9-10,14-16H,4-5,7-8,11-13H2,1-3H3,(H,19,20). The van der Waals surface area contributed by atoms with Gasteiger partial charge in [-0.1, -0.05) is 18.9 Å². The summed E-state index contributed by atoms with van der Waals surface area (Å²) in [6.45, 7) is 3.29. The minimum atomic E-state index is 0.400. The molecule has 1 aliphatic carbocycles. The number of likely N-dealkylation sites (tertiary alicyclic amines) is 1. The molecule has 1 saturated carbocycles. The molecule has 0 aromatic carbocycles. The van der Waals surface area contributed by atoms with Crippen molar-refractivity contribution in [3.63, 3.8) is 0 Å². The van der Waals surface area contributed by atoms with E-state index >= 15 is 0 Å². The third-order valence-corrected chi connectivity index (χ3v) is 6.41. The fraction of sp³-hybridized carbons (Fsp3) is 0.722. The monoisotopic (exact) mass is 334 g/mol. The van der Waals surface area contributed by atoms with E-state index in [1.807, 2.05) is 18.4 Å². The van der Waals surface area contributed by atoms with Crippen LogP contribution in [0.2, 0.25) is 0 Å². The first-order valence-electron chi connectivity index (χ1n) is 8.84. The van der Waals surface area contributed by atoms with Crippen LogP contribution in [0.5, 0.6) is 0 Å². The molecule has 1 aliphatic heterocycles. The van der Waals surface area contributed by atoms with Crippen LogP contribution in [0.1, 0.15) is 36.6 Å². The van der Waals surface area contributed by atoms with E-state index in [0.29, 0.717) is 6.04 Å². The van der Waals surface area contributed by atoms with Gasteiger partial charge in [-0.25, -0.2) is 0 Å². The first kappa shape index (κ1) is 16.8. The van der Waals surface area contributed by atoms with Crippen molar-refractivity contribution in [2.45, 2.75) is 31.7 Å². The van der Waals surface area contributed by atoms with Crippen LogP contribution in [0.4, 0.5) is 0 Å². The molecular formula is C18H30N4S.